The van der Waals surface area contributed by atoms with Gasteiger partial charge >= 0.3 is 0 Å². The highest BCUT2D eigenvalue weighted by Gasteiger charge is 2.33. The van der Waals surface area contributed by atoms with E-state index in [9.17, 15) is 8.42 Å². The van der Waals surface area contributed by atoms with Crippen LogP contribution in [0, 0.1) is 0 Å². The molecule has 0 unspecified atom stereocenters. The lowest BCUT2D eigenvalue weighted by Gasteiger charge is -2.36. The standard InChI is InChI=1S/C23H20ClN3O3S2/c24-17-8-10-19(11-9-17)32(28,29)22-23(30-21(25-22)20-7-4-16-31-20)27-14-12-26(13-15-27)18-5-2-1-3-6-18/h1-11,16H,12-15H2. The van der Waals surface area contributed by atoms with E-state index in [1.807, 2.05) is 40.6 Å². The third-order valence-electron chi connectivity index (χ3n) is 5.38. The van der Waals surface area contributed by atoms with Gasteiger partial charge in [0.25, 0.3) is 0 Å². The highest BCUT2D eigenvalue weighted by molar-refractivity contribution is 7.91. The maximum Gasteiger partial charge on any atom is 0.240 e. The summed E-state index contributed by atoms with van der Waals surface area (Å²) in [5, 5.41) is 2.32. The second kappa shape index (κ2) is 8.61. The minimum Gasteiger partial charge on any atom is -0.418 e. The van der Waals surface area contributed by atoms with E-state index in [1.165, 1.54) is 23.5 Å². The van der Waals surface area contributed by atoms with Crippen LogP contribution in [0.1, 0.15) is 0 Å². The SMILES string of the molecule is O=S(=O)(c1ccc(Cl)cc1)c1nc(-c2cccs2)oc1N1CCN(c2ccccc2)CC1. The lowest BCUT2D eigenvalue weighted by Crippen LogP contribution is -2.46. The second-order valence-corrected chi connectivity index (χ2v) is 10.6. The molecular weight excluding hydrogens is 466 g/mol. The van der Waals surface area contributed by atoms with Crippen molar-refractivity contribution in [3.05, 3.63) is 77.1 Å². The molecule has 2 aromatic heterocycles. The van der Waals surface area contributed by atoms with E-state index in [0.717, 1.165) is 23.7 Å². The normalized spacial score (nSPS) is 14.7. The van der Waals surface area contributed by atoms with Gasteiger partial charge in [-0.15, -0.1) is 11.3 Å². The van der Waals surface area contributed by atoms with Gasteiger partial charge in [0.1, 0.15) is 0 Å². The molecular formula is C23H20ClN3O3S2. The first-order valence-corrected chi connectivity index (χ1v) is 12.9. The van der Waals surface area contributed by atoms with Crippen LogP contribution >= 0.6 is 22.9 Å². The highest BCUT2D eigenvalue weighted by atomic mass is 35.5. The van der Waals surface area contributed by atoms with Gasteiger partial charge < -0.3 is 14.2 Å². The van der Waals surface area contributed by atoms with Crippen molar-refractivity contribution in [3.8, 4) is 10.8 Å². The van der Waals surface area contributed by atoms with Gasteiger partial charge in [-0.3, -0.25) is 0 Å². The molecule has 6 nitrogen and oxygen atoms in total. The maximum absolute atomic E-state index is 13.5. The Kier molecular flexibility index (Phi) is 5.67. The molecule has 1 aliphatic heterocycles. The molecule has 1 aliphatic rings. The zero-order valence-corrected chi connectivity index (χ0v) is 19.4. The van der Waals surface area contributed by atoms with E-state index in [-0.39, 0.29) is 15.8 Å². The van der Waals surface area contributed by atoms with Crippen molar-refractivity contribution in [3.63, 3.8) is 0 Å². The molecule has 9 heteroatoms. The minimum atomic E-state index is -3.89. The second-order valence-electron chi connectivity index (χ2n) is 7.37. The first-order chi connectivity index (χ1) is 15.5. The van der Waals surface area contributed by atoms with Gasteiger partial charge in [0, 0.05) is 36.9 Å². The molecule has 0 amide bonds. The van der Waals surface area contributed by atoms with Gasteiger partial charge in [0.05, 0.1) is 9.77 Å². The molecule has 5 rings (SSSR count). The first kappa shape index (κ1) is 21.1. The fourth-order valence-electron chi connectivity index (χ4n) is 3.71. The number of piperazine rings is 1. The summed E-state index contributed by atoms with van der Waals surface area (Å²) in [6, 6.07) is 20.1. The number of rotatable bonds is 5. The van der Waals surface area contributed by atoms with Crippen molar-refractivity contribution in [2.75, 3.05) is 36.0 Å². The molecule has 1 fully saturated rings. The summed E-state index contributed by atoms with van der Waals surface area (Å²) in [5.41, 5.74) is 1.15. The summed E-state index contributed by atoms with van der Waals surface area (Å²) in [7, 11) is -3.89. The number of hydrogen-bond acceptors (Lipinski definition) is 7. The highest BCUT2D eigenvalue weighted by Crippen LogP contribution is 2.36. The Balaban J connectivity index is 1.50. The van der Waals surface area contributed by atoms with Crippen LogP contribution in [0.5, 0.6) is 0 Å². The van der Waals surface area contributed by atoms with Gasteiger partial charge in [-0.05, 0) is 47.8 Å². The zero-order valence-electron chi connectivity index (χ0n) is 17.0. The number of aromatic nitrogens is 1. The summed E-state index contributed by atoms with van der Waals surface area (Å²) in [6.07, 6.45) is 0. The van der Waals surface area contributed by atoms with Gasteiger partial charge in [-0.25, -0.2) is 8.42 Å². The number of hydrogen-bond donors (Lipinski definition) is 0. The van der Waals surface area contributed by atoms with E-state index >= 15 is 0 Å². The van der Waals surface area contributed by atoms with Crippen molar-refractivity contribution in [2.45, 2.75) is 9.92 Å². The van der Waals surface area contributed by atoms with Crippen molar-refractivity contribution < 1.29 is 12.8 Å². The lowest BCUT2D eigenvalue weighted by atomic mass is 10.2. The summed E-state index contributed by atoms with van der Waals surface area (Å²) < 4.78 is 33.0. The van der Waals surface area contributed by atoms with Crippen molar-refractivity contribution in [1.29, 1.82) is 0 Å². The number of thiophene rings is 1. The third-order valence-corrected chi connectivity index (χ3v) is 8.16. The molecule has 164 valence electrons. The van der Waals surface area contributed by atoms with Gasteiger partial charge in [-0.2, -0.15) is 4.98 Å². The minimum absolute atomic E-state index is 0.0589. The Hall–Kier alpha value is -2.81. The number of halogens is 1. The predicted molar refractivity (Wildman–Crippen MR) is 128 cm³/mol. The van der Waals surface area contributed by atoms with Crippen molar-refractivity contribution in [2.24, 2.45) is 0 Å². The molecule has 4 aromatic rings. The Morgan fingerprint density at radius 1 is 0.875 bits per heavy atom. The smallest absolute Gasteiger partial charge is 0.240 e. The average molecular weight is 486 g/mol. The number of oxazole rings is 1. The predicted octanol–water partition coefficient (Wildman–Crippen LogP) is 5.22. The van der Waals surface area contributed by atoms with Gasteiger partial charge in [0.15, 0.2) is 0 Å². The fourth-order valence-corrected chi connectivity index (χ4v) is 5.81. The van der Waals surface area contributed by atoms with E-state index < -0.39 is 9.84 Å². The molecule has 0 radical (unpaired) electrons. The molecule has 0 aliphatic carbocycles. The van der Waals surface area contributed by atoms with Crippen LogP contribution < -0.4 is 9.80 Å². The Morgan fingerprint density at radius 3 is 2.22 bits per heavy atom. The van der Waals surface area contributed by atoms with Crippen molar-refractivity contribution >= 4 is 44.3 Å². The summed E-state index contributed by atoms with van der Waals surface area (Å²) in [6.45, 7) is 2.74. The van der Waals surface area contributed by atoms with Crippen LogP contribution in [0.25, 0.3) is 10.8 Å². The van der Waals surface area contributed by atoms with Gasteiger partial charge in [0.2, 0.25) is 26.6 Å². The Morgan fingerprint density at radius 2 is 1.56 bits per heavy atom. The van der Waals surface area contributed by atoms with Crippen LogP contribution in [0.2, 0.25) is 5.02 Å². The van der Waals surface area contributed by atoms with Crippen LogP contribution in [0.15, 0.2) is 86.4 Å². The summed E-state index contributed by atoms with van der Waals surface area (Å²) in [4.78, 5) is 9.61. The van der Waals surface area contributed by atoms with Gasteiger partial charge in [-0.1, -0.05) is 35.9 Å². The molecule has 32 heavy (non-hydrogen) atoms. The van der Waals surface area contributed by atoms with Crippen molar-refractivity contribution in [1.82, 2.24) is 4.98 Å². The molecule has 0 saturated carbocycles. The van der Waals surface area contributed by atoms with Crippen LogP contribution in [-0.2, 0) is 9.84 Å². The average Bonchev–Trinajstić information content (AvgIpc) is 3.51. The molecule has 3 heterocycles. The van der Waals surface area contributed by atoms with Crippen LogP contribution in [-0.4, -0.2) is 39.6 Å². The summed E-state index contributed by atoms with van der Waals surface area (Å²) in [5.74, 6) is 0.601. The van der Waals surface area contributed by atoms with E-state index in [2.05, 4.69) is 22.0 Å². The molecule has 0 atom stereocenters. The Labute approximate surface area is 195 Å². The molecule has 1 saturated heterocycles. The summed E-state index contributed by atoms with van der Waals surface area (Å²) >= 11 is 7.41. The topological polar surface area (TPSA) is 66.7 Å². The molecule has 0 N–H and O–H groups in total. The lowest BCUT2D eigenvalue weighted by molar-refractivity contribution is 0.526. The number of sulfone groups is 1. The third kappa shape index (κ3) is 4.01. The maximum atomic E-state index is 13.5. The Bertz CT molecular complexity index is 1300. The number of para-hydroxylation sites is 1. The van der Waals surface area contributed by atoms with E-state index in [4.69, 9.17) is 16.0 Å². The van der Waals surface area contributed by atoms with Crippen LogP contribution in [0.4, 0.5) is 11.6 Å². The molecule has 0 bridgehead atoms. The van der Waals surface area contributed by atoms with E-state index in [1.54, 1.807) is 12.1 Å². The van der Waals surface area contributed by atoms with Crippen LogP contribution in [0.3, 0.4) is 0 Å². The monoisotopic (exact) mass is 485 g/mol. The molecule has 0 spiro atoms. The van der Waals surface area contributed by atoms with E-state index in [0.29, 0.717) is 24.0 Å². The number of anilines is 2. The first-order valence-electron chi connectivity index (χ1n) is 10.1. The largest absolute Gasteiger partial charge is 0.418 e. The quantitative estimate of drug-likeness (QED) is 0.386. The number of nitrogens with zero attached hydrogens (tertiary/aromatic N) is 3. The fraction of sp³-hybridized carbons (Fsp3) is 0.174. The molecule has 2 aromatic carbocycles. The zero-order chi connectivity index (χ0) is 22.1. The number of benzene rings is 2.